The van der Waals surface area contributed by atoms with Gasteiger partial charge in [-0.25, -0.2) is 9.78 Å². The van der Waals surface area contributed by atoms with E-state index in [4.69, 9.17) is 15.6 Å². The van der Waals surface area contributed by atoms with Crippen LogP contribution in [-0.4, -0.2) is 54.8 Å². The molecule has 1 fully saturated rings. The van der Waals surface area contributed by atoms with Crippen LogP contribution in [0.5, 0.6) is 0 Å². The van der Waals surface area contributed by atoms with Crippen LogP contribution in [0.25, 0.3) is 0 Å². The Bertz CT molecular complexity index is 463. The molecule has 1 saturated heterocycles. The highest BCUT2D eigenvalue weighted by atomic mass is 16.6. The molecule has 5 N–H and O–H groups in total. The third kappa shape index (κ3) is 2.00. The van der Waals surface area contributed by atoms with E-state index in [9.17, 15) is 15.0 Å². The van der Waals surface area contributed by atoms with Crippen molar-refractivity contribution >= 4 is 5.95 Å². The molecule has 0 spiro atoms. The second-order valence-electron chi connectivity index (χ2n) is 3.63. The number of anilines is 1. The van der Waals surface area contributed by atoms with Gasteiger partial charge >= 0.3 is 5.69 Å². The molecule has 2 heterocycles. The number of aromatic nitrogens is 3. The molecule has 0 aromatic carbocycles. The molecule has 0 aliphatic carbocycles. The first kappa shape index (κ1) is 11.9. The lowest BCUT2D eigenvalue weighted by Crippen LogP contribution is -2.36. The third-order valence-corrected chi connectivity index (χ3v) is 2.54. The average Bonchev–Trinajstić information content (AvgIpc) is 2.57. The fraction of sp³-hybridized carbons (Fsp3) is 0.625. The van der Waals surface area contributed by atoms with Crippen LogP contribution >= 0.6 is 0 Å². The molecule has 1 aliphatic rings. The molecule has 0 amide bonds. The highest BCUT2D eigenvalue weighted by molar-refractivity contribution is 5.10. The number of rotatable bonds is 2. The van der Waals surface area contributed by atoms with E-state index in [1.54, 1.807) is 0 Å². The van der Waals surface area contributed by atoms with E-state index in [-0.39, 0.29) is 5.95 Å². The molecule has 17 heavy (non-hydrogen) atoms. The minimum absolute atomic E-state index is 0.196. The summed E-state index contributed by atoms with van der Waals surface area (Å²) in [5.41, 5.74) is 4.46. The first-order chi connectivity index (χ1) is 8.04. The van der Waals surface area contributed by atoms with Gasteiger partial charge < -0.3 is 25.8 Å². The van der Waals surface area contributed by atoms with E-state index in [0.717, 1.165) is 10.9 Å². The Morgan fingerprint density at radius 2 is 2.18 bits per heavy atom. The van der Waals surface area contributed by atoms with Crippen LogP contribution in [0.1, 0.15) is 6.23 Å². The van der Waals surface area contributed by atoms with E-state index in [0.29, 0.717) is 0 Å². The summed E-state index contributed by atoms with van der Waals surface area (Å²) in [5, 5.41) is 28.1. The number of nitrogen functional groups attached to an aromatic ring is 1. The van der Waals surface area contributed by atoms with Gasteiger partial charge in [-0.15, -0.1) is 0 Å². The van der Waals surface area contributed by atoms with Gasteiger partial charge in [0.25, 0.3) is 0 Å². The van der Waals surface area contributed by atoms with E-state index >= 15 is 0 Å². The lowest BCUT2D eigenvalue weighted by atomic mass is 10.1. The van der Waals surface area contributed by atoms with Gasteiger partial charge in [0.1, 0.15) is 24.6 Å². The quantitative estimate of drug-likeness (QED) is 0.428. The fourth-order valence-electron chi connectivity index (χ4n) is 1.64. The molecule has 9 heteroatoms. The number of hydrogen-bond acceptors (Lipinski definition) is 8. The Balaban J connectivity index is 2.32. The first-order valence-corrected chi connectivity index (χ1v) is 4.87. The number of aliphatic hydroxyl groups is 3. The summed E-state index contributed by atoms with van der Waals surface area (Å²) in [6.07, 6.45) is -3.67. The molecule has 0 saturated carbocycles. The second kappa shape index (κ2) is 4.37. The predicted octanol–water partition coefficient (Wildman–Crippen LogP) is -3.17. The van der Waals surface area contributed by atoms with Crippen molar-refractivity contribution in [3.8, 4) is 0 Å². The molecule has 2 rings (SSSR count). The predicted molar refractivity (Wildman–Crippen MR) is 53.7 cm³/mol. The lowest BCUT2D eigenvalue weighted by molar-refractivity contribution is -0.0554. The maximum atomic E-state index is 11.5. The normalized spacial score (nSPS) is 32.9. The van der Waals surface area contributed by atoms with Crippen LogP contribution in [0.2, 0.25) is 0 Å². The standard InChI is InChI=1S/C8H12N4O5/c9-7-10-2-12(8(16)11-7)6-5(15)4(14)3(1-13)17-6/h2-6,13-15H,1H2,(H2,9,11,16)/t3-,4-,5-,6-/m1/s1/i2+2. The van der Waals surface area contributed by atoms with Gasteiger partial charge in [0.05, 0.1) is 6.61 Å². The van der Waals surface area contributed by atoms with Crippen molar-refractivity contribution in [2.45, 2.75) is 24.5 Å². The molecular formula is C8H12N4O5. The maximum absolute atomic E-state index is 11.5. The van der Waals surface area contributed by atoms with Crippen molar-refractivity contribution in [3.05, 3.63) is 16.8 Å². The van der Waals surface area contributed by atoms with Crippen molar-refractivity contribution in [3.63, 3.8) is 0 Å². The number of nitrogens with zero attached hydrogens (tertiary/aromatic N) is 3. The Morgan fingerprint density at radius 1 is 1.47 bits per heavy atom. The zero-order valence-electron chi connectivity index (χ0n) is 8.67. The summed E-state index contributed by atoms with van der Waals surface area (Å²) in [5.74, 6) is -0.196. The SMILES string of the molecule is Nc1n[14cH]n([C@@H]2O[C@H](CO)[C@@H](O)[C@H]2O)c(=O)n1. The summed E-state index contributed by atoms with van der Waals surface area (Å²) < 4.78 is 6.04. The number of ether oxygens (including phenoxy) is 1. The Hall–Kier alpha value is -1.55. The lowest BCUT2D eigenvalue weighted by Gasteiger charge is -2.16. The maximum Gasteiger partial charge on any atom is 0.354 e. The van der Waals surface area contributed by atoms with Crippen molar-refractivity contribution in [1.29, 1.82) is 0 Å². The van der Waals surface area contributed by atoms with Gasteiger partial charge in [-0.2, -0.15) is 4.98 Å². The molecule has 9 nitrogen and oxygen atoms in total. The van der Waals surface area contributed by atoms with Crippen LogP contribution in [0.3, 0.4) is 0 Å². The Labute approximate surface area is 95.1 Å². The number of hydrogen-bond donors (Lipinski definition) is 4. The third-order valence-electron chi connectivity index (χ3n) is 2.54. The van der Waals surface area contributed by atoms with Crippen LogP contribution < -0.4 is 11.4 Å². The molecule has 1 aromatic rings. The zero-order chi connectivity index (χ0) is 12.6. The molecule has 0 radical (unpaired) electrons. The van der Waals surface area contributed by atoms with Crippen LogP contribution in [0.15, 0.2) is 11.1 Å². The van der Waals surface area contributed by atoms with Gasteiger partial charge in [-0.05, 0) is 0 Å². The van der Waals surface area contributed by atoms with Gasteiger partial charge in [-0.1, -0.05) is 0 Å². The van der Waals surface area contributed by atoms with Crippen molar-refractivity contribution in [2.24, 2.45) is 0 Å². The molecular weight excluding hydrogens is 234 g/mol. The van der Waals surface area contributed by atoms with E-state index in [1.165, 1.54) is 0 Å². The fourth-order valence-corrected chi connectivity index (χ4v) is 1.64. The molecule has 0 bridgehead atoms. The summed E-state index contributed by atoms with van der Waals surface area (Å²) in [6, 6.07) is 0. The van der Waals surface area contributed by atoms with E-state index < -0.39 is 36.8 Å². The number of aliphatic hydroxyl groups excluding tert-OH is 3. The summed E-state index contributed by atoms with van der Waals surface area (Å²) in [7, 11) is 0. The van der Waals surface area contributed by atoms with Crippen molar-refractivity contribution in [2.75, 3.05) is 12.3 Å². The zero-order valence-corrected chi connectivity index (χ0v) is 8.67. The minimum Gasteiger partial charge on any atom is -0.394 e. The van der Waals surface area contributed by atoms with Gasteiger partial charge in [0.15, 0.2) is 6.23 Å². The van der Waals surface area contributed by atoms with Gasteiger partial charge in [0, 0.05) is 0 Å². The summed E-state index contributed by atoms with van der Waals surface area (Å²) >= 11 is 0. The Kier molecular flexibility index (Phi) is 3.07. The van der Waals surface area contributed by atoms with Crippen LogP contribution in [0.4, 0.5) is 5.95 Å². The second-order valence-corrected chi connectivity index (χ2v) is 3.63. The van der Waals surface area contributed by atoms with E-state index in [2.05, 4.69) is 9.97 Å². The van der Waals surface area contributed by atoms with Crippen molar-refractivity contribution in [1.82, 2.24) is 14.5 Å². The molecule has 4 atom stereocenters. The average molecular weight is 246 g/mol. The van der Waals surface area contributed by atoms with Crippen LogP contribution in [-0.2, 0) is 4.74 Å². The first-order valence-electron chi connectivity index (χ1n) is 4.87. The summed E-state index contributed by atoms with van der Waals surface area (Å²) in [4.78, 5) is 18.4. The minimum atomic E-state index is -1.35. The van der Waals surface area contributed by atoms with Gasteiger partial charge in [0.2, 0.25) is 5.95 Å². The van der Waals surface area contributed by atoms with E-state index in [1.807, 2.05) is 0 Å². The molecule has 0 unspecified atom stereocenters. The topological polar surface area (TPSA) is 144 Å². The molecule has 1 aromatic heterocycles. The molecule has 94 valence electrons. The highest BCUT2D eigenvalue weighted by Gasteiger charge is 2.43. The largest absolute Gasteiger partial charge is 0.394 e. The summed E-state index contributed by atoms with van der Waals surface area (Å²) in [6.45, 7) is -0.473. The monoisotopic (exact) mass is 246 g/mol. The smallest absolute Gasteiger partial charge is 0.354 e. The van der Waals surface area contributed by atoms with Gasteiger partial charge in [-0.3, -0.25) is 4.57 Å². The number of nitrogens with two attached hydrogens (primary N) is 1. The highest BCUT2D eigenvalue weighted by Crippen LogP contribution is 2.27. The van der Waals surface area contributed by atoms with Crippen LogP contribution in [0, 0.1) is 0 Å². The molecule has 1 aliphatic heterocycles. The van der Waals surface area contributed by atoms with Crippen molar-refractivity contribution < 1.29 is 20.1 Å². The Morgan fingerprint density at radius 3 is 2.71 bits per heavy atom.